The Morgan fingerprint density at radius 2 is 0.815 bits per heavy atom. The van der Waals surface area contributed by atoms with E-state index >= 15 is 0 Å². The molecule has 0 amide bonds. The van der Waals surface area contributed by atoms with Crippen LogP contribution in [0.25, 0.3) is 0 Å². The molecule has 0 aromatic heterocycles. The van der Waals surface area contributed by atoms with Gasteiger partial charge < -0.3 is 0 Å². The summed E-state index contributed by atoms with van der Waals surface area (Å²) in [5, 5.41) is 0. The molecule has 0 heterocycles. The van der Waals surface area contributed by atoms with Gasteiger partial charge in [-0.3, -0.25) is 0 Å². The van der Waals surface area contributed by atoms with Gasteiger partial charge in [0, 0.05) is 0 Å². The fraction of sp³-hybridized carbons (Fsp3) is 0.926. The van der Waals surface area contributed by atoms with Gasteiger partial charge in [-0.2, -0.15) is 0 Å². The van der Waals surface area contributed by atoms with E-state index in [4.69, 9.17) is 0 Å². The predicted molar refractivity (Wildman–Crippen MR) is 127 cm³/mol. The molecule has 0 N–H and O–H groups in total. The Labute approximate surface area is 174 Å². The molecule has 0 saturated heterocycles. The third kappa shape index (κ3) is 18.9. The van der Waals surface area contributed by atoms with E-state index in [1.54, 1.807) is 0 Å². The van der Waals surface area contributed by atoms with Gasteiger partial charge in [0.15, 0.2) is 0 Å². The Bertz CT molecular complexity index is 292. The van der Waals surface area contributed by atoms with Crippen molar-refractivity contribution in [3.05, 3.63) is 12.7 Å². The molecule has 1 atom stereocenters. The summed E-state index contributed by atoms with van der Waals surface area (Å²) in [5.74, 6) is 0. The van der Waals surface area contributed by atoms with Crippen molar-refractivity contribution in [1.82, 2.24) is 0 Å². The number of allylic oxidation sites excluding steroid dienone is 1. The smallest absolute Gasteiger partial charge is 0.0291 e. The van der Waals surface area contributed by atoms with Gasteiger partial charge in [0.25, 0.3) is 0 Å². The van der Waals surface area contributed by atoms with Crippen LogP contribution in [0.2, 0.25) is 0 Å². The normalized spacial score (nSPS) is 13.6. The molecule has 162 valence electrons. The third-order valence-corrected chi connectivity index (χ3v) is 6.40. The summed E-state index contributed by atoms with van der Waals surface area (Å²) in [6.07, 6.45) is 32.1. The van der Waals surface area contributed by atoms with Crippen molar-refractivity contribution in [2.75, 3.05) is 0 Å². The monoisotopic (exact) mass is 378 g/mol. The molecule has 0 aromatic rings. The van der Waals surface area contributed by atoms with Crippen LogP contribution in [0.15, 0.2) is 12.7 Å². The van der Waals surface area contributed by atoms with Gasteiger partial charge in [0.1, 0.15) is 0 Å². The molecular weight excluding hydrogens is 324 g/mol. The van der Waals surface area contributed by atoms with Crippen LogP contribution in [0.4, 0.5) is 0 Å². The van der Waals surface area contributed by atoms with Crippen molar-refractivity contribution in [3.8, 4) is 0 Å². The summed E-state index contributed by atoms with van der Waals surface area (Å²) >= 11 is 0. The summed E-state index contributed by atoms with van der Waals surface area (Å²) in [4.78, 5) is 0. The molecule has 0 aliphatic carbocycles. The number of unbranched alkanes of at least 4 members (excludes halogenated alkanes) is 16. The molecule has 0 aliphatic rings. The maximum atomic E-state index is 4.01. The Balaban J connectivity index is 3.47. The molecule has 0 fully saturated rings. The summed E-state index contributed by atoms with van der Waals surface area (Å²) in [7, 11) is 0. The highest BCUT2D eigenvalue weighted by atomic mass is 14.3. The molecular formula is C27H54. The van der Waals surface area contributed by atoms with Gasteiger partial charge in [-0.1, -0.05) is 142 Å². The second-order valence-electron chi connectivity index (χ2n) is 9.46. The summed E-state index contributed by atoms with van der Waals surface area (Å²) in [6, 6.07) is 0. The minimum atomic E-state index is 0.520. The average Bonchev–Trinajstić information content (AvgIpc) is 2.66. The second kappa shape index (κ2) is 20.5. The van der Waals surface area contributed by atoms with Gasteiger partial charge in [0.2, 0.25) is 0 Å². The van der Waals surface area contributed by atoms with Crippen LogP contribution in [-0.4, -0.2) is 0 Å². The van der Waals surface area contributed by atoms with Crippen molar-refractivity contribution in [1.29, 1.82) is 0 Å². The number of hydrogen-bond donors (Lipinski definition) is 0. The Morgan fingerprint density at radius 1 is 0.519 bits per heavy atom. The van der Waals surface area contributed by atoms with Crippen LogP contribution in [0.5, 0.6) is 0 Å². The minimum Gasteiger partial charge on any atom is -0.103 e. The fourth-order valence-corrected chi connectivity index (χ4v) is 4.40. The first-order chi connectivity index (χ1) is 13.2. The first kappa shape index (κ1) is 26.7. The highest BCUT2D eigenvalue weighted by Gasteiger charge is 2.21. The molecule has 1 unspecified atom stereocenters. The van der Waals surface area contributed by atoms with Gasteiger partial charge in [-0.25, -0.2) is 0 Å². The third-order valence-electron chi connectivity index (χ3n) is 6.40. The van der Waals surface area contributed by atoms with Crippen molar-refractivity contribution < 1.29 is 0 Å². The van der Waals surface area contributed by atoms with Crippen LogP contribution >= 0.6 is 0 Å². The lowest BCUT2D eigenvalue weighted by Crippen LogP contribution is -2.15. The zero-order valence-corrected chi connectivity index (χ0v) is 19.6. The summed E-state index contributed by atoms with van der Waals surface area (Å²) in [5.41, 5.74) is 0.520. The van der Waals surface area contributed by atoms with Crippen LogP contribution in [0.1, 0.15) is 156 Å². The van der Waals surface area contributed by atoms with Crippen LogP contribution < -0.4 is 0 Å². The van der Waals surface area contributed by atoms with E-state index in [-0.39, 0.29) is 0 Å². The van der Waals surface area contributed by atoms with E-state index in [0.29, 0.717) is 5.41 Å². The molecule has 0 rings (SSSR count). The first-order valence-electron chi connectivity index (χ1n) is 12.8. The summed E-state index contributed by atoms with van der Waals surface area (Å²) < 4.78 is 0. The van der Waals surface area contributed by atoms with Crippen LogP contribution in [-0.2, 0) is 0 Å². The van der Waals surface area contributed by atoms with E-state index in [0.717, 1.165) is 0 Å². The van der Waals surface area contributed by atoms with Gasteiger partial charge in [-0.15, -0.1) is 6.58 Å². The Kier molecular flexibility index (Phi) is 20.3. The number of rotatable bonds is 22. The maximum Gasteiger partial charge on any atom is -0.0291 e. The van der Waals surface area contributed by atoms with Crippen molar-refractivity contribution in [3.63, 3.8) is 0 Å². The molecule has 0 nitrogen and oxygen atoms in total. The molecule has 0 spiro atoms. The van der Waals surface area contributed by atoms with Gasteiger partial charge in [-0.05, 0) is 24.7 Å². The van der Waals surface area contributed by atoms with Gasteiger partial charge >= 0.3 is 0 Å². The maximum absolute atomic E-state index is 4.01. The lowest BCUT2D eigenvalue weighted by molar-refractivity contribution is 0.254. The topological polar surface area (TPSA) is 0 Å². The molecule has 0 saturated carbocycles. The zero-order chi connectivity index (χ0) is 20.1. The number of hydrogen-bond acceptors (Lipinski definition) is 0. The predicted octanol–water partition coefficient (Wildman–Crippen LogP) is 10.4. The molecule has 0 aliphatic heterocycles. The van der Waals surface area contributed by atoms with Gasteiger partial charge in [0.05, 0.1) is 0 Å². The van der Waals surface area contributed by atoms with Crippen molar-refractivity contribution in [2.24, 2.45) is 5.41 Å². The Morgan fingerprint density at radius 3 is 1.15 bits per heavy atom. The highest BCUT2D eigenvalue weighted by Crippen LogP contribution is 2.35. The molecule has 0 heteroatoms. The second-order valence-corrected chi connectivity index (χ2v) is 9.46. The van der Waals surface area contributed by atoms with E-state index in [1.165, 1.54) is 135 Å². The van der Waals surface area contributed by atoms with Crippen molar-refractivity contribution >= 4 is 0 Å². The average molecular weight is 379 g/mol. The summed E-state index contributed by atoms with van der Waals surface area (Å²) in [6.45, 7) is 11.1. The quantitative estimate of drug-likeness (QED) is 0.130. The molecule has 0 aromatic carbocycles. The minimum absolute atomic E-state index is 0.520. The molecule has 0 bridgehead atoms. The lowest BCUT2D eigenvalue weighted by atomic mass is 9.77. The van der Waals surface area contributed by atoms with E-state index in [9.17, 15) is 0 Å². The molecule has 0 radical (unpaired) electrons. The Hall–Kier alpha value is -0.260. The highest BCUT2D eigenvalue weighted by molar-refractivity contribution is 4.83. The van der Waals surface area contributed by atoms with Crippen LogP contribution in [0, 0.1) is 5.41 Å². The standard InChI is InChI=1S/C27H54/c1-5-8-10-12-13-14-15-16-17-18-19-20-21-23-26-27(4,24-7-3)25-22-11-9-6-2/h7H,3,5-6,8-26H2,1-2,4H3. The van der Waals surface area contributed by atoms with E-state index < -0.39 is 0 Å². The zero-order valence-electron chi connectivity index (χ0n) is 19.6. The van der Waals surface area contributed by atoms with Crippen LogP contribution in [0.3, 0.4) is 0 Å². The van der Waals surface area contributed by atoms with E-state index in [2.05, 4.69) is 33.4 Å². The van der Waals surface area contributed by atoms with Crippen molar-refractivity contribution in [2.45, 2.75) is 156 Å². The largest absolute Gasteiger partial charge is 0.103 e. The SMILES string of the molecule is C=CCC(C)(CCCCCC)CCCCCCCCCCCCCCCC. The van der Waals surface area contributed by atoms with E-state index in [1.807, 2.05) is 0 Å². The fourth-order valence-electron chi connectivity index (χ4n) is 4.40. The lowest BCUT2D eigenvalue weighted by Gasteiger charge is -2.28. The molecule has 27 heavy (non-hydrogen) atoms. The first-order valence-corrected chi connectivity index (χ1v) is 12.8.